The number of rotatable bonds is 2. The molecule has 3 nitrogen and oxygen atoms in total. The van der Waals surface area contributed by atoms with Crippen molar-refractivity contribution in [2.45, 2.75) is 6.92 Å². The fourth-order valence-electron chi connectivity index (χ4n) is 1.20. The van der Waals surface area contributed by atoms with E-state index in [9.17, 15) is 0 Å². The maximum absolute atomic E-state index is 4.16. The van der Waals surface area contributed by atoms with E-state index in [2.05, 4.69) is 15.2 Å². The molecule has 2 rings (SSSR count). The average molecular weight is 197 g/mol. The summed E-state index contributed by atoms with van der Waals surface area (Å²) in [5.74, 6) is 0. The Morgan fingerprint density at radius 3 is 2.60 bits per heavy atom. The Kier molecular flexibility index (Phi) is 2.83. The van der Waals surface area contributed by atoms with E-state index in [0.29, 0.717) is 0 Å². The van der Waals surface area contributed by atoms with Gasteiger partial charge in [-0.3, -0.25) is 4.98 Å². The van der Waals surface area contributed by atoms with Crippen molar-refractivity contribution in [1.82, 2.24) is 4.98 Å². The second kappa shape index (κ2) is 4.46. The molecule has 0 amide bonds. The van der Waals surface area contributed by atoms with Crippen molar-refractivity contribution >= 4 is 11.4 Å². The Bertz CT molecular complexity index is 463. The molecule has 0 atom stereocenters. The van der Waals surface area contributed by atoms with Crippen molar-refractivity contribution in [1.29, 1.82) is 0 Å². The highest BCUT2D eigenvalue weighted by Crippen LogP contribution is 2.20. The van der Waals surface area contributed by atoms with Crippen LogP contribution in [0.25, 0.3) is 0 Å². The summed E-state index contributed by atoms with van der Waals surface area (Å²) < 4.78 is 0. The Balaban J connectivity index is 2.23. The molecular formula is C12H11N3. The van der Waals surface area contributed by atoms with Gasteiger partial charge in [0.25, 0.3) is 0 Å². The summed E-state index contributed by atoms with van der Waals surface area (Å²) in [6, 6.07) is 11.6. The predicted molar refractivity (Wildman–Crippen MR) is 59.6 cm³/mol. The highest BCUT2D eigenvalue weighted by Gasteiger charge is 1.93. The minimum absolute atomic E-state index is 0.765. The van der Waals surface area contributed by atoms with Crippen molar-refractivity contribution in [3.05, 3.63) is 54.4 Å². The van der Waals surface area contributed by atoms with Crippen molar-refractivity contribution < 1.29 is 0 Å². The fourth-order valence-corrected chi connectivity index (χ4v) is 1.20. The maximum atomic E-state index is 4.16. The summed E-state index contributed by atoms with van der Waals surface area (Å²) in [6.07, 6.45) is 3.40. The zero-order chi connectivity index (χ0) is 10.5. The molecular weight excluding hydrogens is 186 g/mol. The van der Waals surface area contributed by atoms with Gasteiger partial charge in [0.15, 0.2) is 0 Å². The Morgan fingerprint density at radius 2 is 1.87 bits per heavy atom. The van der Waals surface area contributed by atoms with Gasteiger partial charge in [-0.25, -0.2) is 0 Å². The van der Waals surface area contributed by atoms with Gasteiger partial charge < -0.3 is 0 Å². The van der Waals surface area contributed by atoms with Crippen LogP contribution < -0.4 is 0 Å². The smallest absolute Gasteiger partial charge is 0.104 e. The molecule has 0 N–H and O–H groups in total. The van der Waals surface area contributed by atoms with Crippen LogP contribution in [0, 0.1) is 6.92 Å². The van der Waals surface area contributed by atoms with Gasteiger partial charge in [0.1, 0.15) is 5.69 Å². The first-order chi connectivity index (χ1) is 7.36. The number of pyridine rings is 1. The van der Waals surface area contributed by atoms with Crippen molar-refractivity contribution in [2.24, 2.45) is 10.2 Å². The lowest BCUT2D eigenvalue weighted by Gasteiger charge is -1.96. The van der Waals surface area contributed by atoms with Crippen molar-refractivity contribution in [3.8, 4) is 0 Å². The Hall–Kier alpha value is -2.03. The standard InChI is InChI=1S/C12H11N3/c1-10-5-2-3-7-12(10)15-14-11-6-4-8-13-9-11/h2-9H,1H3. The highest BCUT2D eigenvalue weighted by molar-refractivity contribution is 5.45. The molecule has 0 unspecified atom stereocenters. The van der Waals surface area contributed by atoms with E-state index in [1.807, 2.05) is 43.3 Å². The molecule has 2 aromatic rings. The number of aromatic nitrogens is 1. The number of azo groups is 1. The maximum Gasteiger partial charge on any atom is 0.104 e. The molecule has 3 heteroatoms. The normalized spacial score (nSPS) is 10.7. The summed E-state index contributed by atoms with van der Waals surface area (Å²) in [5.41, 5.74) is 2.77. The number of nitrogens with zero attached hydrogens (tertiary/aromatic N) is 3. The molecule has 0 fully saturated rings. The SMILES string of the molecule is Cc1ccccc1N=Nc1cccnc1. The topological polar surface area (TPSA) is 37.6 Å². The summed E-state index contributed by atoms with van der Waals surface area (Å²) in [4.78, 5) is 3.97. The Labute approximate surface area is 88.5 Å². The third kappa shape index (κ3) is 2.47. The highest BCUT2D eigenvalue weighted by atomic mass is 15.1. The molecule has 0 aliphatic carbocycles. The van der Waals surface area contributed by atoms with E-state index < -0.39 is 0 Å². The first-order valence-corrected chi connectivity index (χ1v) is 4.73. The Morgan fingerprint density at radius 1 is 1.00 bits per heavy atom. The number of benzene rings is 1. The first-order valence-electron chi connectivity index (χ1n) is 4.73. The molecule has 0 saturated carbocycles. The summed E-state index contributed by atoms with van der Waals surface area (Å²) >= 11 is 0. The van der Waals surface area contributed by atoms with Gasteiger partial charge in [-0.05, 0) is 30.7 Å². The van der Waals surface area contributed by atoms with Crippen LogP contribution in [0.4, 0.5) is 11.4 Å². The molecule has 1 aromatic heterocycles. The van der Waals surface area contributed by atoms with Gasteiger partial charge in [-0.15, -0.1) is 5.11 Å². The minimum atomic E-state index is 0.765. The van der Waals surface area contributed by atoms with Gasteiger partial charge in [0.05, 0.1) is 11.9 Å². The van der Waals surface area contributed by atoms with Crippen LogP contribution in [-0.4, -0.2) is 4.98 Å². The van der Waals surface area contributed by atoms with Crippen LogP contribution in [0.2, 0.25) is 0 Å². The number of hydrogen-bond acceptors (Lipinski definition) is 3. The zero-order valence-corrected chi connectivity index (χ0v) is 8.46. The third-order valence-electron chi connectivity index (χ3n) is 2.03. The van der Waals surface area contributed by atoms with E-state index in [1.165, 1.54) is 0 Å². The molecule has 1 aromatic carbocycles. The second-order valence-corrected chi connectivity index (χ2v) is 3.20. The monoisotopic (exact) mass is 197 g/mol. The lowest BCUT2D eigenvalue weighted by Crippen LogP contribution is -1.71. The van der Waals surface area contributed by atoms with E-state index in [0.717, 1.165) is 16.9 Å². The van der Waals surface area contributed by atoms with Gasteiger partial charge in [-0.1, -0.05) is 18.2 Å². The third-order valence-corrected chi connectivity index (χ3v) is 2.03. The van der Waals surface area contributed by atoms with Crippen LogP contribution in [0.3, 0.4) is 0 Å². The molecule has 0 bridgehead atoms. The molecule has 0 spiro atoms. The molecule has 74 valence electrons. The molecule has 0 saturated heterocycles. The van der Waals surface area contributed by atoms with Crippen LogP contribution in [0.1, 0.15) is 5.56 Å². The van der Waals surface area contributed by atoms with Gasteiger partial charge >= 0.3 is 0 Å². The molecule has 15 heavy (non-hydrogen) atoms. The van der Waals surface area contributed by atoms with Gasteiger partial charge in [-0.2, -0.15) is 5.11 Å². The van der Waals surface area contributed by atoms with Gasteiger partial charge in [0.2, 0.25) is 0 Å². The van der Waals surface area contributed by atoms with E-state index in [1.54, 1.807) is 12.4 Å². The fraction of sp³-hybridized carbons (Fsp3) is 0.0833. The first kappa shape index (κ1) is 9.52. The zero-order valence-electron chi connectivity index (χ0n) is 8.46. The van der Waals surface area contributed by atoms with Crippen molar-refractivity contribution in [3.63, 3.8) is 0 Å². The summed E-state index contributed by atoms with van der Waals surface area (Å²) in [6.45, 7) is 2.01. The number of aryl methyl sites for hydroxylation is 1. The van der Waals surface area contributed by atoms with Crippen LogP contribution >= 0.6 is 0 Å². The average Bonchev–Trinajstić information content (AvgIpc) is 2.29. The summed E-state index contributed by atoms with van der Waals surface area (Å²) in [7, 11) is 0. The largest absolute Gasteiger partial charge is 0.262 e. The number of hydrogen-bond donors (Lipinski definition) is 0. The predicted octanol–water partition coefficient (Wildman–Crippen LogP) is 3.81. The van der Waals surface area contributed by atoms with Crippen LogP contribution in [-0.2, 0) is 0 Å². The van der Waals surface area contributed by atoms with E-state index in [4.69, 9.17) is 0 Å². The second-order valence-electron chi connectivity index (χ2n) is 3.20. The molecule has 0 aliphatic heterocycles. The van der Waals surface area contributed by atoms with Crippen LogP contribution in [0.5, 0.6) is 0 Å². The van der Waals surface area contributed by atoms with Crippen molar-refractivity contribution in [2.75, 3.05) is 0 Å². The summed E-state index contributed by atoms with van der Waals surface area (Å²) in [5, 5.41) is 8.26. The molecule has 0 radical (unpaired) electrons. The minimum Gasteiger partial charge on any atom is -0.262 e. The van der Waals surface area contributed by atoms with E-state index >= 15 is 0 Å². The lowest BCUT2D eigenvalue weighted by atomic mass is 10.2. The van der Waals surface area contributed by atoms with Gasteiger partial charge in [0, 0.05) is 6.20 Å². The molecule has 0 aliphatic rings. The lowest BCUT2D eigenvalue weighted by molar-refractivity contribution is 1.18. The quantitative estimate of drug-likeness (QED) is 0.674. The van der Waals surface area contributed by atoms with Crippen LogP contribution in [0.15, 0.2) is 59.0 Å². The van der Waals surface area contributed by atoms with E-state index in [-0.39, 0.29) is 0 Å². The molecule has 1 heterocycles.